The monoisotopic (exact) mass is 484 g/mol. The Morgan fingerprint density at radius 3 is 1.89 bits per heavy atom. The zero-order valence-corrected chi connectivity index (χ0v) is 20.8. The fourth-order valence-electron chi connectivity index (χ4n) is 5.79. The fraction of sp³-hybridized carbons (Fsp3) is 0. The van der Waals surface area contributed by atoms with Crippen molar-refractivity contribution in [1.29, 1.82) is 0 Å². The molecule has 1 heterocycles. The number of rotatable bonds is 2. The Morgan fingerprint density at radius 2 is 1.14 bits per heavy atom. The van der Waals surface area contributed by atoms with Gasteiger partial charge in [0.05, 0.1) is 0 Å². The highest BCUT2D eigenvalue weighted by molar-refractivity contribution is 7.26. The molecule has 0 nitrogen and oxygen atoms in total. The molecule has 0 saturated heterocycles. The first-order valence-corrected chi connectivity index (χ1v) is 13.3. The van der Waals surface area contributed by atoms with Crippen molar-refractivity contribution in [3.63, 3.8) is 0 Å². The first-order valence-electron chi connectivity index (χ1n) is 12.5. The third kappa shape index (κ3) is 3.10. The van der Waals surface area contributed by atoms with Gasteiger partial charge < -0.3 is 0 Å². The van der Waals surface area contributed by atoms with Gasteiger partial charge in [0.1, 0.15) is 0 Å². The third-order valence-electron chi connectivity index (χ3n) is 7.50. The minimum absolute atomic E-state index is 1.06. The van der Waals surface area contributed by atoms with Gasteiger partial charge in [0, 0.05) is 31.3 Å². The molecule has 0 N–H and O–H groups in total. The summed E-state index contributed by atoms with van der Waals surface area (Å²) in [4.78, 5) is 0. The molecule has 0 unspecified atom stereocenters. The molecular formula is C36H20S. The van der Waals surface area contributed by atoms with E-state index in [0.717, 1.165) is 11.1 Å². The summed E-state index contributed by atoms with van der Waals surface area (Å²) in [6.45, 7) is 0. The summed E-state index contributed by atoms with van der Waals surface area (Å²) < 4.78 is 2.65. The summed E-state index contributed by atoms with van der Waals surface area (Å²) in [5.41, 5.74) is 11.4. The van der Waals surface area contributed by atoms with Crippen LogP contribution in [0.2, 0.25) is 0 Å². The van der Waals surface area contributed by atoms with Crippen LogP contribution in [0.1, 0.15) is 11.1 Å². The molecule has 0 bridgehead atoms. The van der Waals surface area contributed by atoms with Gasteiger partial charge in [0.2, 0.25) is 0 Å². The Bertz CT molecular complexity index is 2170. The van der Waals surface area contributed by atoms with Crippen molar-refractivity contribution >= 4 is 75.0 Å². The molecule has 37 heavy (non-hydrogen) atoms. The average molecular weight is 485 g/mol. The van der Waals surface area contributed by atoms with E-state index >= 15 is 0 Å². The molecular weight excluding hydrogens is 464 g/mol. The fourth-order valence-corrected chi connectivity index (χ4v) is 7.02. The first kappa shape index (κ1) is 20.5. The van der Waals surface area contributed by atoms with Gasteiger partial charge in [-0.15, -0.1) is 11.3 Å². The van der Waals surface area contributed by atoms with Gasteiger partial charge in [-0.1, -0.05) is 109 Å². The lowest BCUT2D eigenvalue weighted by Crippen LogP contribution is -1.89. The minimum Gasteiger partial charge on any atom is -0.135 e. The van der Waals surface area contributed by atoms with Crippen LogP contribution in [0.3, 0.4) is 0 Å². The molecule has 0 spiro atoms. The van der Waals surface area contributed by atoms with Crippen LogP contribution >= 0.6 is 11.3 Å². The molecule has 1 heteroatoms. The van der Waals surface area contributed by atoms with E-state index in [1.165, 1.54) is 63.6 Å². The zero-order valence-electron chi connectivity index (χ0n) is 20.0. The van der Waals surface area contributed by atoms with Crippen LogP contribution in [-0.2, 0) is 0 Å². The number of thiophene rings is 1. The van der Waals surface area contributed by atoms with Gasteiger partial charge in [0.25, 0.3) is 0 Å². The molecule has 0 fully saturated rings. The Balaban J connectivity index is 1.33. The number of fused-ring (bicyclic) bond motifs is 9. The van der Waals surface area contributed by atoms with Gasteiger partial charge >= 0.3 is 0 Å². The minimum atomic E-state index is 1.06. The highest BCUT2D eigenvalue weighted by atomic mass is 32.1. The van der Waals surface area contributed by atoms with Crippen molar-refractivity contribution in [3.8, 4) is 0 Å². The van der Waals surface area contributed by atoms with E-state index in [2.05, 4.69) is 133 Å². The topological polar surface area (TPSA) is 0 Å². The van der Waals surface area contributed by atoms with Crippen molar-refractivity contribution in [2.45, 2.75) is 0 Å². The van der Waals surface area contributed by atoms with Crippen molar-refractivity contribution in [1.82, 2.24) is 0 Å². The molecule has 1 aliphatic carbocycles. The van der Waals surface area contributed by atoms with Crippen molar-refractivity contribution < 1.29 is 0 Å². The lowest BCUT2D eigenvalue weighted by atomic mass is 9.91. The predicted octanol–water partition coefficient (Wildman–Crippen LogP) is 10.3. The standard InChI is InChI=1S/C36H20S/c1-2-13-29-27(11-1)28-12-3-4-14-30(28)34-22-24(19-20-31(29)34)23-9-7-10-25(21-23)26-16-8-17-33-32-15-5-6-18-35(32)37-36(26)33/h1-6,8,10-22H. The predicted molar refractivity (Wildman–Crippen MR) is 161 cm³/mol. The molecule has 8 rings (SSSR count). The van der Waals surface area contributed by atoms with E-state index in [9.17, 15) is 0 Å². The second kappa shape index (κ2) is 7.93. The van der Waals surface area contributed by atoms with E-state index in [1.54, 1.807) is 0 Å². The van der Waals surface area contributed by atoms with Crippen molar-refractivity contribution in [2.24, 2.45) is 0 Å². The molecule has 0 saturated carbocycles. The van der Waals surface area contributed by atoms with Crippen LogP contribution in [0.4, 0.5) is 0 Å². The van der Waals surface area contributed by atoms with E-state index < -0.39 is 0 Å². The SMILES string of the molecule is C1=C=C(c2ccc3c4ccccc4c4ccccc4c3c2)C=C(c2cccc3c2sc2ccccc23)C=1. The summed E-state index contributed by atoms with van der Waals surface area (Å²) >= 11 is 1.87. The summed E-state index contributed by atoms with van der Waals surface area (Å²) in [6.07, 6.45) is 4.33. The maximum absolute atomic E-state index is 3.40. The first-order chi connectivity index (χ1) is 18.3. The van der Waals surface area contributed by atoms with Crippen molar-refractivity contribution in [3.05, 3.63) is 144 Å². The second-order valence-electron chi connectivity index (χ2n) is 9.56. The van der Waals surface area contributed by atoms with E-state index in [0.29, 0.717) is 0 Å². The molecule has 0 aliphatic heterocycles. The Labute approximate surface area is 218 Å². The molecule has 0 atom stereocenters. The Hall–Kier alpha value is -4.64. The zero-order chi connectivity index (χ0) is 24.3. The van der Waals surface area contributed by atoms with Gasteiger partial charge in [-0.25, -0.2) is 0 Å². The number of hydrogen-bond donors (Lipinski definition) is 0. The molecule has 0 amide bonds. The quantitative estimate of drug-likeness (QED) is 0.169. The molecule has 0 radical (unpaired) electrons. The smallest absolute Gasteiger partial charge is 0.0434 e. The number of hydrogen-bond acceptors (Lipinski definition) is 1. The molecule has 1 aromatic heterocycles. The van der Waals surface area contributed by atoms with Crippen LogP contribution in [0.25, 0.3) is 63.6 Å². The van der Waals surface area contributed by atoms with Gasteiger partial charge in [-0.05, 0) is 67.7 Å². The molecule has 6 aromatic carbocycles. The maximum atomic E-state index is 3.40. The normalized spacial score (nSPS) is 13.2. The van der Waals surface area contributed by atoms with Crippen LogP contribution in [0.5, 0.6) is 0 Å². The summed E-state index contributed by atoms with van der Waals surface area (Å²) in [7, 11) is 0. The average Bonchev–Trinajstić information content (AvgIpc) is 3.36. The number of allylic oxidation sites excluding steroid dienone is 4. The molecule has 170 valence electrons. The Kier molecular flexibility index (Phi) is 4.40. The van der Waals surface area contributed by atoms with E-state index in [4.69, 9.17) is 0 Å². The highest BCUT2D eigenvalue weighted by Crippen LogP contribution is 2.40. The van der Waals surface area contributed by atoms with E-state index in [-0.39, 0.29) is 0 Å². The van der Waals surface area contributed by atoms with Crippen LogP contribution < -0.4 is 0 Å². The van der Waals surface area contributed by atoms with Gasteiger partial charge in [-0.3, -0.25) is 0 Å². The van der Waals surface area contributed by atoms with Crippen LogP contribution in [0.15, 0.2) is 133 Å². The number of benzene rings is 6. The van der Waals surface area contributed by atoms with Crippen LogP contribution in [-0.4, -0.2) is 0 Å². The maximum Gasteiger partial charge on any atom is 0.0434 e. The van der Waals surface area contributed by atoms with Gasteiger partial charge in [-0.2, -0.15) is 0 Å². The second-order valence-corrected chi connectivity index (χ2v) is 10.6. The third-order valence-corrected chi connectivity index (χ3v) is 8.72. The van der Waals surface area contributed by atoms with Crippen molar-refractivity contribution in [2.75, 3.05) is 0 Å². The summed E-state index contributed by atoms with van der Waals surface area (Å²) in [5.74, 6) is 0. The lowest BCUT2D eigenvalue weighted by Gasteiger charge is -2.13. The summed E-state index contributed by atoms with van der Waals surface area (Å²) in [6, 6.07) is 39.6. The highest BCUT2D eigenvalue weighted by Gasteiger charge is 2.14. The van der Waals surface area contributed by atoms with Gasteiger partial charge in [0.15, 0.2) is 0 Å². The lowest BCUT2D eigenvalue weighted by molar-refractivity contribution is 1.67. The molecule has 7 aromatic rings. The Morgan fingerprint density at radius 1 is 0.514 bits per heavy atom. The van der Waals surface area contributed by atoms with Crippen LogP contribution in [0, 0.1) is 0 Å². The summed E-state index contributed by atoms with van der Waals surface area (Å²) in [5, 5.41) is 10.4. The largest absolute Gasteiger partial charge is 0.135 e. The molecule has 1 aliphatic rings. The van der Waals surface area contributed by atoms with E-state index in [1.807, 2.05) is 11.3 Å².